The third-order valence-electron chi connectivity index (χ3n) is 3.56. The molecule has 19 heavy (non-hydrogen) atoms. The van der Waals surface area contributed by atoms with E-state index in [1.54, 1.807) is 4.90 Å². The van der Waals surface area contributed by atoms with Gasteiger partial charge in [0.1, 0.15) is 6.04 Å². The second kappa shape index (κ2) is 5.72. The number of carbonyl (C=O) groups is 1. The Morgan fingerprint density at radius 1 is 1.37 bits per heavy atom. The molecule has 4 nitrogen and oxygen atoms in total. The third kappa shape index (κ3) is 2.96. The number of amides is 1. The average Bonchev–Trinajstić information content (AvgIpc) is 2.41. The van der Waals surface area contributed by atoms with Crippen molar-refractivity contribution < 1.29 is 9.90 Å². The Labute approximate surface area is 114 Å². The summed E-state index contributed by atoms with van der Waals surface area (Å²) in [5.41, 5.74) is 2.17. The number of aliphatic hydroxyl groups excluding tert-OH is 1. The van der Waals surface area contributed by atoms with Crippen molar-refractivity contribution in [3.63, 3.8) is 0 Å². The van der Waals surface area contributed by atoms with Crippen LogP contribution in [0.5, 0.6) is 0 Å². The number of aliphatic hydroxyl groups is 1. The van der Waals surface area contributed by atoms with Crippen molar-refractivity contribution in [1.82, 2.24) is 5.32 Å². The molecule has 2 atom stereocenters. The molecule has 0 spiro atoms. The van der Waals surface area contributed by atoms with E-state index in [0.29, 0.717) is 12.5 Å². The topological polar surface area (TPSA) is 52.6 Å². The minimum absolute atomic E-state index is 0.0575. The second-order valence-corrected chi connectivity index (χ2v) is 5.50. The summed E-state index contributed by atoms with van der Waals surface area (Å²) in [5, 5.41) is 12.4. The first-order valence-electron chi connectivity index (χ1n) is 6.81. The van der Waals surface area contributed by atoms with Gasteiger partial charge in [0.25, 0.3) is 0 Å². The fraction of sp³-hybridized carbons (Fsp3) is 0.533. The summed E-state index contributed by atoms with van der Waals surface area (Å²) in [5.74, 6) is 0.426. The summed E-state index contributed by atoms with van der Waals surface area (Å²) in [4.78, 5) is 14.0. The van der Waals surface area contributed by atoms with Gasteiger partial charge in [0.15, 0.2) is 0 Å². The zero-order valence-electron chi connectivity index (χ0n) is 11.8. The van der Waals surface area contributed by atoms with Crippen molar-refractivity contribution in [3.05, 3.63) is 29.8 Å². The van der Waals surface area contributed by atoms with Crippen LogP contribution < -0.4 is 10.2 Å². The number of carbonyl (C=O) groups excluding carboxylic acids is 1. The van der Waals surface area contributed by atoms with E-state index in [0.717, 1.165) is 5.69 Å². The highest BCUT2D eigenvalue weighted by Gasteiger charge is 2.32. The molecule has 1 amide bonds. The summed E-state index contributed by atoms with van der Waals surface area (Å²) < 4.78 is 0. The van der Waals surface area contributed by atoms with Gasteiger partial charge < -0.3 is 10.0 Å². The summed E-state index contributed by atoms with van der Waals surface area (Å²) in [6.07, 6.45) is 0. The maximum Gasteiger partial charge on any atom is 0.246 e. The lowest BCUT2D eigenvalue weighted by molar-refractivity contribution is -0.123. The number of anilines is 1. The molecule has 1 aliphatic heterocycles. The van der Waals surface area contributed by atoms with Gasteiger partial charge in [-0.25, -0.2) is 0 Å². The summed E-state index contributed by atoms with van der Waals surface area (Å²) >= 11 is 0. The predicted molar refractivity (Wildman–Crippen MR) is 76.4 cm³/mol. The molecule has 0 saturated carbocycles. The number of hydrogen-bond donors (Lipinski definition) is 2. The molecule has 2 N–H and O–H groups in total. The maximum absolute atomic E-state index is 12.2. The molecular formula is C15H22N2O2. The Hall–Kier alpha value is -1.39. The van der Waals surface area contributed by atoms with E-state index < -0.39 is 6.04 Å². The zero-order valence-corrected chi connectivity index (χ0v) is 11.8. The van der Waals surface area contributed by atoms with Crippen LogP contribution in [0.15, 0.2) is 24.3 Å². The third-order valence-corrected chi connectivity index (χ3v) is 3.56. The van der Waals surface area contributed by atoms with Gasteiger partial charge in [-0.3, -0.25) is 10.1 Å². The van der Waals surface area contributed by atoms with E-state index >= 15 is 0 Å². The van der Waals surface area contributed by atoms with Crippen LogP contribution >= 0.6 is 0 Å². The van der Waals surface area contributed by atoms with Crippen LogP contribution in [0.25, 0.3) is 0 Å². The summed E-state index contributed by atoms with van der Waals surface area (Å²) in [7, 11) is 0. The fourth-order valence-corrected chi connectivity index (χ4v) is 2.42. The van der Waals surface area contributed by atoms with Crippen LogP contribution in [0.1, 0.15) is 32.3 Å². The SMILES string of the molecule is CC1CN(c2ccc(C(C)C)cc2)C(=O)C(CO)N1. The number of nitrogens with zero attached hydrogens (tertiary/aromatic N) is 1. The first-order chi connectivity index (χ1) is 9.02. The molecule has 0 aromatic heterocycles. The first-order valence-corrected chi connectivity index (χ1v) is 6.81. The highest BCUT2D eigenvalue weighted by atomic mass is 16.3. The van der Waals surface area contributed by atoms with Crippen LogP contribution in [-0.4, -0.2) is 36.2 Å². The molecule has 1 saturated heterocycles. The standard InChI is InChI=1S/C15H22N2O2/c1-10(2)12-4-6-13(7-5-12)17-8-11(3)16-14(9-18)15(17)19/h4-7,10-11,14,16,18H,8-9H2,1-3H3. The molecule has 1 aromatic rings. The van der Waals surface area contributed by atoms with Crippen LogP contribution in [0.4, 0.5) is 5.69 Å². The largest absolute Gasteiger partial charge is 0.394 e. The van der Waals surface area contributed by atoms with Gasteiger partial charge >= 0.3 is 0 Å². The second-order valence-electron chi connectivity index (χ2n) is 5.50. The predicted octanol–water partition coefficient (Wildman–Crippen LogP) is 1.50. The maximum atomic E-state index is 12.2. The Kier molecular flexibility index (Phi) is 4.22. The van der Waals surface area contributed by atoms with Crippen LogP contribution in [0, 0.1) is 0 Å². The highest BCUT2D eigenvalue weighted by molar-refractivity contribution is 5.98. The lowest BCUT2D eigenvalue weighted by Gasteiger charge is -2.36. The minimum Gasteiger partial charge on any atom is -0.394 e. The number of rotatable bonds is 3. The summed E-state index contributed by atoms with van der Waals surface area (Å²) in [6.45, 7) is 6.79. The Morgan fingerprint density at radius 3 is 2.53 bits per heavy atom. The molecular weight excluding hydrogens is 240 g/mol. The monoisotopic (exact) mass is 262 g/mol. The van der Waals surface area contributed by atoms with Crippen molar-refractivity contribution >= 4 is 11.6 Å². The zero-order chi connectivity index (χ0) is 14.0. The van der Waals surface area contributed by atoms with Crippen molar-refractivity contribution in [2.75, 3.05) is 18.1 Å². The molecule has 1 aromatic carbocycles. The van der Waals surface area contributed by atoms with Crippen LogP contribution in [0.2, 0.25) is 0 Å². The van der Waals surface area contributed by atoms with Gasteiger partial charge in [-0.05, 0) is 30.5 Å². The molecule has 0 radical (unpaired) electrons. The lowest BCUT2D eigenvalue weighted by Crippen LogP contribution is -2.60. The fourth-order valence-electron chi connectivity index (χ4n) is 2.42. The smallest absolute Gasteiger partial charge is 0.246 e. The molecule has 104 valence electrons. The van der Waals surface area contributed by atoms with Crippen molar-refractivity contribution in [2.24, 2.45) is 0 Å². The minimum atomic E-state index is -0.492. The molecule has 0 aliphatic carbocycles. The van der Waals surface area contributed by atoms with Gasteiger partial charge in [0, 0.05) is 18.3 Å². The average molecular weight is 262 g/mol. The van der Waals surface area contributed by atoms with E-state index in [9.17, 15) is 9.90 Å². The van der Waals surface area contributed by atoms with Gasteiger partial charge in [0.05, 0.1) is 6.61 Å². The van der Waals surface area contributed by atoms with Gasteiger partial charge in [-0.15, -0.1) is 0 Å². The quantitative estimate of drug-likeness (QED) is 0.868. The molecule has 0 bridgehead atoms. The lowest BCUT2D eigenvalue weighted by atomic mass is 10.0. The van der Waals surface area contributed by atoms with Crippen molar-refractivity contribution in [3.8, 4) is 0 Å². The Morgan fingerprint density at radius 2 is 2.00 bits per heavy atom. The number of hydrogen-bond acceptors (Lipinski definition) is 3. The van der Waals surface area contributed by atoms with E-state index in [1.165, 1.54) is 5.56 Å². The molecule has 2 rings (SSSR count). The molecule has 4 heteroatoms. The van der Waals surface area contributed by atoms with E-state index in [-0.39, 0.29) is 18.6 Å². The molecule has 1 heterocycles. The van der Waals surface area contributed by atoms with Crippen LogP contribution in [-0.2, 0) is 4.79 Å². The normalized spacial score (nSPS) is 24.1. The van der Waals surface area contributed by atoms with Crippen LogP contribution in [0.3, 0.4) is 0 Å². The van der Waals surface area contributed by atoms with Crippen molar-refractivity contribution in [2.45, 2.75) is 38.8 Å². The van der Waals surface area contributed by atoms with Gasteiger partial charge in [0.2, 0.25) is 5.91 Å². The number of piperazine rings is 1. The highest BCUT2D eigenvalue weighted by Crippen LogP contribution is 2.22. The van der Waals surface area contributed by atoms with Gasteiger partial charge in [-0.2, -0.15) is 0 Å². The van der Waals surface area contributed by atoms with E-state index in [1.807, 2.05) is 19.1 Å². The summed E-state index contributed by atoms with van der Waals surface area (Å²) in [6, 6.07) is 7.79. The van der Waals surface area contributed by atoms with E-state index in [4.69, 9.17) is 0 Å². The Bertz CT molecular complexity index is 442. The van der Waals surface area contributed by atoms with Gasteiger partial charge in [-0.1, -0.05) is 26.0 Å². The number of nitrogens with one attached hydrogen (secondary N) is 1. The first kappa shape index (κ1) is 14.0. The van der Waals surface area contributed by atoms with E-state index in [2.05, 4.69) is 31.3 Å². The Balaban J connectivity index is 2.21. The molecule has 1 aliphatic rings. The van der Waals surface area contributed by atoms with Crippen molar-refractivity contribution in [1.29, 1.82) is 0 Å². The number of benzene rings is 1. The molecule has 1 fully saturated rings. The molecule has 2 unspecified atom stereocenters.